The zero-order valence-corrected chi connectivity index (χ0v) is 12.6. The van der Waals surface area contributed by atoms with Crippen LogP contribution in [-0.4, -0.2) is 54.4 Å². The van der Waals surface area contributed by atoms with Gasteiger partial charge in [-0.25, -0.2) is 4.79 Å². The van der Waals surface area contributed by atoms with Gasteiger partial charge in [-0.2, -0.15) is 24.2 Å². The number of aliphatic hydroxyl groups is 1. The van der Waals surface area contributed by atoms with Crippen molar-refractivity contribution < 1.29 is 34.3 Å². The van der Waals surface area contributed by atoms with E-state index in [2.05, 4.69) is 9.51 Å². The van der Waals surface area contributed by atoms with Gasteiger partial charge >= 0.3 is 13.9 Å². The molecule has 1 aliphatic heterocycles. The second kappa shape index (κ2) is 8.46. The predicted molar refractivity (Wildman–Crippen MR) is 74.7 cm³/mol. The van der Waals surface area contributed by atoms with E-state index in [1.165, 1.54) is 16.8 Å². The SMILES string of the molecule is CO.O=c1nc(NO)ccn1C1CCC(CO[P+](O)(O)O)O1. The Morgan fingerprint density at radius 2 is 2.14 bits per heavy atom. The first-order valence-corrected chi connectivity index (χ1v) is 7.77. The van der Waals surface area contributed by atoms with Crippen LogP contribution in [0.3, 0.4) is 0 Å². The molecular weight excluding hydrogens is 321 g/mol. The van der Waals surface area contributed by atoms with Crippen molar-refractivity contribution in [2.45, 2.75) is 25.2 Å². The number of nitrogens with one attached hydrogen (secondary N) is 1. The average molecular weight is 340 g/mol. The number of hydrogen-bond donors (Lipinski definition) is 6. The molecule has 0 bridgehead atoms. The van der Waals surface area contributed by atoms with Crippen molar-refractivity contribution in [3.8, 4) is 0 Å². The second-order valence-corrected chi connectivity index (χ2v) is 5.50. The summed E-state index contributed by atoms with van der Waals surface area (Å²) in [5, 5.41) is 15.6. The van der Waals surface area contributed by atoms with Gasteiger partial charge in [-0.15, -0.1) is 0 Å². The summed E-state index contributed by atoms with van der Waals surface area (Å²) in [4.78, 5) is 41.4. The van der Waals surface area contributed by atoms with Crippen molar-refractivity contribution in [1.29, 1.82) is 0 Å². The van der Waals surface area contributed by atoms with E-state index in [0.29, 0.717) is 12.8 Å². The third kappa shape index (κ3) is 5.55. The van der Waals surface area contributed by atoms with Crippen LogP contribution in [0, 0.1) is 0 Å². The maximum atomic E-state index is 11.7. The number of ether oxygens (including phenoxy) is 1. The number of anilines is 1. The smallest absolute Gasteiger partial charge is 0.400 e. The van der Waals surface area contributed by atoms with Gasteiger partial charge < -0.3 is 9.84 Å². The molecule has 12 heteroatoms. The molecule has 6 N–H and O–H groups in total. The van der Waals surface area contributed by atoms with Crippen LogP contribution in [0.25, 0.3) is 0 Å². The third-order valence-electron chi connectivity index (χ3n) is 2.77. The molecule has 1 aromatic rings. The van der Waals surface area contributed by atoms with E-state index in [4.69, 9.17) is 29.7 Å². The molecule has 2 rings (SSSR count). The standard InChI is InChI=1S/C9H14N3O7P.CH4O/c13-9-10-7(11-14)3-4-12(9)8-2-1-6(19-8)5-18-20(15,16)17;1-2/h3-4,6,8,15-17H,1-2,5H2,(H-,10,11,13,14);2H,1H3/p+1. The lowest BCUT2D eigenvalue weighted by molar-refractivity contribution is -0.0270. The van der Waals surface area contributed by atoms with Gasteiger partial charge in [0.05, 0.1) is 6.10 Å². The third-order valence-corrected chi connectivity index (χ3v) is 3.27. The van der Waals surface area contributed by atoms with Gasteiger partial charge in [0.2, 0.25) is 0 Å². The highest BCUT2D eigenvalue weighted by Gasteiger charge is 2.37. The van der Waals surface area contributed by atoms with Gasteiger partial charge in [0.25, 0.3) is 0 Å². The Hall–Kier alpha value is -1.17. The summed E-state index contributed by atoms with van der Waals surface area (Å²) in [7, 11) is -3.28. The zero-order valence-electron chi connectivity index (χ0n) is 11.7. The van der Waals surface area contributed by atoms with Crippen molar-refractivity contribution in [2.24, 2.45) is 0 Å². The van der Waals surface area contributed by atoms with Crippen molar-refractivity contribution in [1.82, 2.24) is 9.55 Å². The number of nitrogens with zero attached hydrogens (tertiary/aromatic N) is 2. The van der Waals surface area contributed by atoms with Crippen LogP contribution in [0.2, 0.25) is 0 Å². The van der Waals surface area contributed by atoms with Crippen LogP contribution >= 0.6 is 8.17 Å². The Labute approximate surface area is 126 Å². The summed E-state index contributed by atoms with van der Waals surface area (Å²) >= 11 is 0. The van der Waals surface area contributed by atoms with Crippen LogP contribution in [0.4, 0.5) is 5.82 Å². The summed E-state index contributed by atoms with van der Waals surface area (Å²) in [6, 6.07) is 1.40. The van der Waals surface area contributed by atoms with E-state index < -0.39 is 26.2 Å². The molecule has 22 heavy (non-hydrogen) atoms. The van der Waals surface area contributed by atoms with Crippen molar-refractivity contribution in [3.63, 3.8) is 0 Å². The Balaban J connectivity index is 0.00000116. The van der Waals surface area contributed by atoms with E-state index in [-0.39, 0.29) is 12.4 Å². The summed E-state index contributed by atoms with van der Waals surface area (Å²) < 4.78 is 11.2. The highest BCUT2D eigenvalue weighted by atomic mass is 31.2. The highest BCUT2D eigenvalue weighted by molar-refractivity contribution is 7.53. The van der Waals surface area contributed by atoms with Gasteiger partial charge in [0, 0.05) is 13.3 Å². The molecule has 2 heterocycles. The van der Waals surface area contributed by atoms with E-state index in [0.717, 1.165) is 7.11 Å². The van der Waals surface area contributed by atoms with Crippen molar-refractivity contribution in [2.75, 3.05) is 19.2 Å². The Morgan fingerprint density at radius 3 is 2.68 bits per heavy atom. The molecule has 2 unspecified atom stereocenters. The fourth-order valence-electron chi connectivity index (χ4n) is 1.89. The molecule has 0 saturated carbocycles. The Kier molecular flexibility index (Phi) is 7.26. The van der Waals surface area contributed by atoms with Gasteiger partial charge in [-0.1, -0.05) is 0 Å². The molecule has 1 aliphatic rings. The minimum atomic E-state index is -4.28. The van der Waals surface area contributed by atoms with E-state index >= 15 is 0 Å². The Morgan fingerprint density at radius 1 is 1.45 bits per heavy atom. The molecule has 11 nitrogen and oxygen atoms in total. The van der Waals surface area contributed by atoms with E-state index in [9.17, 15) is 4.79 Å². The molecule has 0 spiro atoms. The van der Waals surface area contributed by atoms with E-state index in [1.807, 2.05) is 0 Å². The summed E-state index contributed by atoms with van der Waals surface area (Å²) in [5.74, 6) is 0.0274. The van der Waals surface area contributed by atoms with Crippen molar-refractivity contribution in [3.05, 3.63) is 22.7 Å². The summed E-state index contributed by atoms with van der Waals surface area (Å²) in [5.41, 5.74) is 1.17. The first-order valence-electron chi connectivity index (χ1n) is 6.20. The molecule has 0 radical (unpaired) electrons. The van der Waals surface area contributed by atoms with Crippen LogP contribution in [0.5, 0.6) is 0 Å². The molecule has 1 aromatic heterocycles. The number of aromatic nitrogens is 2. The van der Waals surface area contributed by atoms with Crippen molar-refractivity contribution >= 4 is 14.0 Å². The fourth-order valence-corrected chi connectivity index (χ4v) is 2.26. The summed E-state index contributed by atoms with van der Waals surface area (Å²) in [6.07, 6.45) is 1.43. The molecule has 0 aliphatic carbocycles. The molecule has 1 saturated heterocycles. The quantitative estimate of drug-likeness (QED) is 0.289. The maximum absolute atomic E-state index is 11.7. The minimum absolute atomic E-state index is 0.0274. The average Bonchev–Trinajstić information content (AvgIpc) is 2.95. The number of hydrogen-bond acceptors (Lipinski definition) is 10. The topological polar surface area (TPSA) is 167 Å². The summed E-state index contributed by atoms with van der Waals surface area (Å²) in [6.45, 7) is -0.188. The molecule has 126 valence electrons. The highest BCUT2D eigenvalue weighted by Crippen LogP contribution is 2.46. The van der Waals surface area contributed by atoms with Gasteiger partial charge in [-0.3, -0.25) is 15.3 Å². The molecule has 2 atom stereocenters. The van der Waals surface area contributed by atoms with Gasteiger partial charge in [0.15, 0.2) is 5.82 Å². The number of aliphatic hydroxyl groups excluding tert-OH is 1. The fraction of sp³-hybridized carbons (Fsp3) is 0.600. The maximum Gasteiger partial charge on any atom is 0.567 e. The minimum Gasteiger partial charge on any atom is -0.400 e. The predicted octanol–water partition coefficient (Wildman–Crippen LogP) is -0.998. The van der Waals surface area contributed by atoms with Crippen LogP contribution in [-0.2, 0) is 9.26 Å². The molecule has 0 aromatic carbocycles. The van der Waals surface area contributed by atoms with Gasteiger partial charge in [-0.05, 0) is 18.9 Å². The monoisotopic (exact) mass is 340 g/mol. The normalized spacial score (nSPS) is 21.2. The Bertz CT molecular complexity index is 520. The number of rotatable bonds is 5. The van der Waals surface area contributed by atoms with E-state index in [1.54, 1.807) is 5.48 Å². The first kappa shape index (κ1) is 18.9. The van der Waals surface area contributed by atoms with Crippen LogP contribution in [0.15, 0.2) is 17.1 Å². The lowest BCUT2D eigenvalue weighted by Crippen LogP contribution is -2.27. The lowest BCUT2D eigenvalue weighted by Gasteiger charge is -2.15. The molecule has 1 fully saturated rings. The first-order chi connectivity index (χ1) is 10.4. The molecule has 0 amide bonds. The zero-order chi connectivity index (χ0) is 16.8. The van der Waals surface area contributed by atoms with Gasteiger partial charge in [0.1, 0.15) is 12.8 Å². The van der Waals surface area contributed by atoms with Crippen LogP contribution < -0.4 is 11.2 Å². The second-order valence-electron chi connectivity index (χ2n) is 4.21. The largest absolute Gasteiger partial charge is 0.567 e. The van der Waals surface area contributed by atoms with Crippen LogP contribution in [0.1, 0.15) is 19.1 Å². The lowest BCUT2D eigenvalue weighted by atomic mass is 10.2. The molecular formula is C10H19N3O8P+.